The lowest BCUT2D eigenvalue weighted by atomic mass is 10.2. The second-order valence-electron chi connectivity index (χ2n) is 2.38. The van der Waals surface area contributed by atoms with Crippen LogP contribution in [0.2, 0.25) is 0 Å². The third-order valence-corrected chi connectivity index (χ3v) is 1.36. The zero-order valence-electron chi connectivity index (χ0n) is 7.02. The van der Waals surface area contributed by atoms with E-state index < -0.39 is 0 Å². The van der Waals surface area contributed by atoms with Crippen LogP contribution in [0.3, 0.4) is 0 Å². The first-order chi connectivity index (χ1) is 4.72. The van der Waals surface area contributed by atoms with Crippen LogP contribution in [0.15, 0.2) is 23.5 Å². The second kappa shape index (κ2) is 5.10. The van der Waals surface area contributed by atoms with Gasteiger partial charge in [0.25, 0.3) is 0 Å². The summed E-state index contributed by atoms with van der Waals surface area (Å²) in [6.45, 7) is 5.92. The molecule has 1 heteroatoms. The first-order valence-electron chi connectivity index (χ1n) is 3.73. The molecule has 0 spiro atoms. The molecular weight excluding hydrogens is 124 g/mol. The van der Waals surface area contributed by atoms with Crippen molar-refractivity contribution in [3.8, 4) is 0 Å². The highest BCUT2D eigenvalue weighted by Gasteiger charge is 1.93. The number of aliphatic hydroxyl groups excluding tert-OH is 1. The van der Waals surface area contributed by atoms with E-state index in [0.717, 1.165) is 18.4 Å². The van der Waals surface area contributed by atoms with Crippen molar-refractivity contribution >= 4 is 0 Å². The van der Waals surface area contributed by atoms with Crippen molar-refractivity contribution in [1.29, 1.82) is 0 Å². The molecule has 0 aliphatic heterocycles. The number of rotatable bonds is 3. The highest BCUT2D eigenvalue weighted by molar-refractivity contribution is 5.18. The predicted molar refractivity (Wildman–Crippen MR) is 45.1 cm³/mol. The third-order valence-electron chi connectivity index (χ3n) is 1.36. The Balaban J connectivity index is 4.04. The summed E-state index contributed by atoms with van der Waals surface area (Å²) in [7, 11) is 0. The maximum atomic E-state index is 9.28. The third kappa shape index (κ3) is 3.33. The lowest BCUT2D eigenvalue weighted by molar-refractivity contribution is 0.381. The minimum Gasteiger partial charge on any atom is -0.512 e. The van der Waals surface area contributed by atoms with E-state index in [9.17, 15) is 5.11 Å². The van der Waals surface area contributed by atoms with Gasteiger partial charge in [0.1, 0.15) is 0 Å². The predicted octanol–water partition coefficient (Wildman–Crippen LogP) is 3.19. The van der Waals surface area contributed by atoms with E-state index in [1.807, 2.05) is 26.0 Å². The Bertz CT molecular complexity index is 143. The monoisotopic (exact) mass is 140 g/mol. The summed E-state index contributed by atoms with van der Waals surface area (Å²) in [4.78, 5) is 0. The summed E-state index contributed by atoms with van der Waals surface area (Å²) < 4.78 is 0. The maximum Gasteiger partial charge on any atom is 0.0951 e. The van der Waals surface area contributed by atoms with Gasteiger partial charge in [0, 0.05) is 6.42 Å². The molecule has 0 saturated carbocycles. The Morgan fingerprint density at radius 3 is 2.50 bits per heavy atom. The van der Waals surface area contributed by atoms with Crippen LogP contribution in [0.4, 0.5) is 0 Å². The van der Waals surface area contributed by atoms with Crippen molar-refractivity contribution < 1.29 is 5.11 Å². The van der Waals surface area contributed by atoms with Crippen LogP contribution in [0, 0.1) is 0 Å². The molecule has 1 N–H and O–H groups in total. The van der Waals surface area contributed by atoms with E-state index in [1.54, 1.807) is 0 Å². The minimum atomic E-state index is 0.514. The Morgan fingerprint density at radius 1 is 1.50 bits per heavy atom. The van der Waals surface area contributed by atoms with Gasteiger partial charge in [0.15, 0.2) is 0 Å². The van der Waals surface area contributed by atoms with Gasteiger partial charge in [0.05, 0.1) is 5.76 Å². The van der Waals surface area contributed by atoms with Gasteiger partial charge in [-0.2, -0.15) is 0 Å². The molecule has 0 bridgehead atoms. The molecule has 0 atom stereocenters. The Labute approximate surface area is 63.1 Å². The van der Waals surface area contributed by atoms with Gasteiger partial charge >= 0.3 is 0 Å². The van der Waals surface area contributed by atoms with Crippen molar-refractivity contribution in [2.45, 2.75) is 33.6 Å². The molecule has 0 fully saturated rings. The van der Waals surface area contributed by atoms with Gasteiger partial charge in [-0.05, 0) is 25.8 Å². The molecule has 0 saturated heterocycles. The van der Waals surface area contributed by atoms with Crippen LogP contribution in [0.5, 0.6) is 0 Å². The SMILES string of the molecule is C/C=C\C(C)=C(\O)CCC. The highest BCUT2D eigenvalue weighted by Crippen LogP contribution is 2.07. The largest absolute Gasteiger partial charge is 0.512 e. The van der Waals surface area contributed by atoms with Crippen LogP contribution in [-0.2, 0) is 0 Å². The number of aliphatic hydroxyl groups is 1. The van der Waals surface area contributed by atoms with E-state index in [4.69, 9.17) is 0 Å². The van der Waals surface area contributed by atoms with Gasteiger partial charge in [0.2, 0.25) is 0 Å². The summed E-state index contributed by atoms with van der Waals surface area (Å²) in [5, 5.41) is 9.28. The van der Waals surface area contributed by atoms with E-state index in [1.165, 1.54) is 0 Å². The molecule has 0 aliphatic carbocycles. The topological polar surface area (TPSA) is 20.2 Å². The molecule has 0 aromatic heterocycles. The maximum absolute atomic E-state index is 9.28. The molecule has 0 aromatic rings. The zero-order chi connectivity index (χ0) is 7.98. The fraction of sp³-hybridized carbons (Fsp3) is 0.556. The van der Waals surface area contributed by atoms with Crippen molar-refractivity contribution in [2.75, 3.05) is 0 Å². The van der Waals surface area contributed by atoms with Gasteiger partial charge in [-0.3, -0.25) is 0 Å². The van der Waals surface area contributed by atoms with Crippen LogP contribution in [0.1, 0.15) is 33.6 Å². The highest BCUT2D eigenvalue weighted by atomic mass is 16.3. The van der Waals surface area contributed by atoms with Gasteiger partial charge < -0.3 is 5.11 Å². The number of hydrogen-bond donors (Lipinski definition) is 1. The molecule has 0 aromatic carbocycles. The van der Waals surface area contributed by atoms with Crippen LogP contribution < -0.4 is 0 Å². The molecule has 0 amide bonds. The molecule has 58 valence electrons. The summed E-state index contributed by atoms with van der Waals surface area (Å²) in [5.41, 5.74) is 0.976. The Kier molecular flexibility index (Phi) is 4.73. The van der Waals surface area contributed by atoms with Crippen molar-refractivity contribution in [1.82, 2.24) is 0 Å². The van der Waals surface area contributed by atoms with Gasteiger partial charge in [-0.1, -0.05) is 19.1 Å². The second-order valence-corrected chi connectivity index (χ2v) is 2.38. The minimum absolute atomic E-state index is 0.514. The average molecular weight is 140 g/mol. The summed E-state index contributed by atoms with van der Waals surface area (Å²) >= 11 is 0. The summed E-state index contributed by atoms with van der Waals surface area (Å²) in [5.74, 6) is 0.514. The fourth-order valence-electron chi connectivity index (χ4n) is 0.780. The van der Waals surface area contributed by atoms with Gasteiger partial charge in [-0.25, -0.2) is 0 Å². The smallest absolute Gasteiger partial charge is 0.0951 e. The molecule has 0 rings (SSSR count). The number of allylic oxidation sites excluding steroid dienone is 4. The van der Waals surface area contributed by atoms with Crippen molar-refractivity contribution in [3.05, 3.63) is 23.5 Å². The van der Waals surface area contributed by atoms with Crippen LogP contribution >= 0.6 is 0 Å². The van der Waals surface area contributed by atoms with Crippen molar-refractivity contribution in [2.24, 2.45) is 0 Å². The fourth-order valence-corrected chi connectivity index (χ4v) is 0.780. The normalized spacial score (nSPS) is 13.9. The number of hydrogen-bond acceptors (Lipinski definition) is 1. The molecule has 0 heterocycles. The first kappa shape index (κ1) is 9.28. The van der Waals surface area contributed by atoms with Crippen molar-refractivity contribution in [3.63, 3.8) is 0 Å². The Hall–Kier alpha value is -0.720. The van der Waals surface area contributed by atoms with E-state index in [2.05, 4.69) is 6.92 Å². The lowest BCUT2D eigenvalue weighted by Gasteiger charge is -1.98. The average Bonchev–Trinajstić information content (AvgIpc) is 1.89. The standard InChI is InChI=1S/C9H16O/c1-4-6-8(3)9(10)7-5-2/h4,6,10H,5,7H2,1-3H3/b6-4-,9-8+. The molecular formula is C9H16O. The van der Waals surface area contributed by atoms with E-state index in [0.29, 0.717) is 5.76 Å². The van der Waals surface area contributed by atoms with Gasteiger partial charge in [-0.15, -0.1) is 0 Å². The molecule has 0 unspecified atom stereocenters. The first-order valence-corrected chi connectivity index (χ1v) is 3.73. The molecule has 10 heavy (non-hydrogen) atoms. The molecule has 1 nitrogen and oxygen atoms in total. The zero-order valence-corrected chi connectivity index (χ0v) is 7.02. The van der Waals surface area contributed by atoms with Crippen LogP contribution in [-0.4, -0.2) is 5.11 Å². The summed E-state index contributed by atoms with van der Waals surface area (Å²) in [6.07, 6.45) is 5.64. The molecule has 0 radical (unpaired) electrons. The Morgan fingerprint density at radius 2 is 2.10 bits per heavy atom. The van der Waals surface area contributed by atoms with Crippen LogP contribution in [0.25, 0.3) is 0 Å². The van der Waals surface area contributed by atoms with E-state index in [-0.39, 0.29) is 0 Å². The summed E-state index contributed by atoms with van der Waals surface area (Å²) in [6, 6.07) is 0. The lowest BCUT2D eigenvalue weighted by Crippen LogP contribution is -1.83. The molecule has 0 aliphatic rings. The quantitative estimate of drug-likeness (QED) is 0.471. The van der Waals surface area contributed by atoms with E-state index >= 15 is 0 Å².